The van der Waals surface area contributed by atoms with Crippen molar-refractivity contribution in [3.05, 3.63) is 30.3 Å². The van der Waals surface area contributed by atoms with Crippen LogP contribution in [0.3, 0.4) is 0 Å². The third-order valence-corrected chi connectivity index (χ3v) is 4.24. The third-order valence-electron chi connectivity index (χ3n) is 4.24. The lowest BCUT2D eigenvalue weighted by Gasteiger charge is -2.38. The topological polar surface area (TPSA) is 41.6 Å². The first kappa shape index (κ1) is 17.6. The molecule has 1 aliphatic rings. The van der Waals surface area contributed by atoms with E-state index in [0.717, 1.165) is 38.0 Å². The van der Waals surface area contributed by atoms with Crippen LogP contribution >= 0.6 is 0 Å². The molecule has 0 aliphatic carbocycles. The Labute approximate surface area is 140 Å². The maximum atomic E-state index is 12.3. The molecule has 4 heteroatoms. The molecule has 2 rings (SSSR count). The maximum Gasteiger partial charge on any atom is 0.410 e. The number of hydrogen-bond donors (Lipinski definition) is 1. The largest absolute Gasteiger partial charge is 0.444 e. The van der Waals surface area contributed by atoms with Gasteiger partial charge in [-0.2, -0.15) is 0 Å². The molecule has 0 radical (unpaired) electrons. The molecule has 0 bridgehead atoms. The van der Waals surface area contributed by atoms with Gasteiger partial charge in [0.05, 0.1) is 0 Å². The summed E-state index contributed by atoms with van der Waals surface area (Å²) in [4.78, 5) is 14.2. The number of carbonyl (C=O) groups excluding carboxylic acids is 1. The van der Waals surface area contributed by atoms with Crippen LogP contribution in [0.1, 0.15) is 47.0 Å². The van der Waals surface area contributed by atoms with Crippen molar-refractivity contribution in [3.63, 3.8) is 0 Å². The lowest BCUT2D eigenvalue weighted by Crippen LogP contribution is -2.47. The highest BCUT2D eigenvalue weighted by Gasteiger charge is 2.31. The van der Waals surface area contributed by atoms with E-state index in [0.29, 0.717) is 12.0 Å². The molecular weight excluding hydrogens is 288 g/mol. The number of likely N-dealkylation sites (tertiary alicyclic amines) is 1. The zero-order valence-electron chi connectivity index (χ0n) is 14.8. The van der Waals surface area contributed by atoms with Crippen LogP contribution in [0.4, 0.5) is 10.5 Å². The SMILES string of the molecule is CC[C@H](Nc1ccccc1)[C@@H]1CCCN(C(=O)OC(C)(C)C)C1. The first-order valence-electron chi connectivity index (χ1n) is 8.68. The molecule has 1 amide bonds. The summed E-state index contributed by atoms with van der Waals surface area (Å²) in [6.07, 6.45) is 3.05. The summed E-state index contributed by atoms with van der Waals surface area (Å²) in [6, 6.07) is 10.7. The summed E-state index contributed by atoms with van der Waals surface area (Å²) >= 11 is 0. The number of para-hydroxylation sites is 1. The van der Waals surface area contributed by atoms with Crippen LogP contribution in [-0.4, -0.2) is 35.7 Å². The van der Waals surface area contributed by atoms with Crippen molar-refractivity contribution < 1.29 is 9.53 Å². The van der Waals surface area contributed by atoms with Crippen LogP contribution < -0.4 is 5.32 Å². The second-order valence-corrected chi connectivity index (χ2v) is 7.35. The fourth-order valence-corrected chi connectivity index (χ4v) is 3.13. The highest BCUT2D eigenvalue weighted by molar-refractivity contribution is 5.68. The number of nitrogens with one attached hydrogen (secondary N) is 1. The first-order valence-corrected chi connectivity index (χ1v) is 8.68. The van der Waals surface area contributed by atoms with E-state index >= 15 is 0 Å². The molecule has 0 saturated carbocycles. The van der Waals surface area contributed by atoms with Gasteiger partial charge in [0, 0.05) is 24.8 Å². The zero-order chi connectivity index (χ0) is 16.9. The molecule has 23 heavy (non-hydrogen) atoms. The fraction of sp³-hybridized carbons (Fsp3) is 0.632. The normalized spacial score (nSPS) is 20.0. The van der Waals surface area contributed by atoms with E-state index in [2.05, 4.69) is 24.4 Å². The van der Waals surface area contributed by atoms with E-state index in [4.69, 9.17) is 4.74 Å². The number of benzene rings is 1. The van der Waals surface area contributed by atoms with Gasteiger partial charge in [0.1, 0.15) is 5.60 Å². The summed E-state index contributed by atoms with van der Waals surface area (Å²) in [5.74, 6) is 0.460. The average Bonchev–Trinajstić information content (AvgIpc) is 2.52. The predicted molar refractivity (Wildman–Crippen MR) is 94.7 cm³/mol. The second-order valence-electron chi connectivity index (χ2n) is 7.35. The van der Waals surface area contributed by atoms with Gasteiger partial charge in [-0.15, -0.1) is 0 Å². The Kier molecular flexibility index (Phi) is 5.91. The third kappa shape index (κ3) is 5.45. The molecule has 1 aromatic rings. The summed E-state index contributed by atoms with van der Waals surface area (Å²) in [5, 5.41) is 3.63. The summed E-state index contributed by atoms with van der Waals surface area (Å²) in [5.41, 5.74) is 0.713. The Morgan fingerprint density at radius 3 is 2.65 bits per heavy atom. The van der Waals surface area contributed by atoms with Crippen molar-refractivity contribution >= 4 is 11.8 Å². The lowest BCUT2D eigenvalue weighted by atomic mass is 9.89. The number of hydrogen-bond acceptors (Lipinski definition) is 3. The van der Waals surface area contributed by atoms with Gasteiger partial charge in [0.25, 0.3) is 0 Å². The maximum absolute atomic E-state index is 12.3. The summed E-state index contributed by atoms with van der Waals surface area (Å²) in [6.45, 7) is 9.52. The molecule has 2 atom stereocenters. The van der Waals surface area contributed by atoms with E-state index in [1.54, 1.807) is 0 Å². The summed E-state index contributed by atoms with van der Waals surface area (Å²) < 4.78 is 5.52. The van der Waals surface area contributed by atoms with Gasteiger partial charge in [0.15, 0.2) is 0 Å². The van der Waals surface area contributed by atoms with E-state index in [1.165, 1.54) is 0 Å². The van der Waals surface area contributed by atoms with Gasteiger partial charge in [0.2, 0.25) is 0 Å². The van der Waals surface area contributed by atoms with Crippen molar-refractivity contribution in [3.8, 4) is 0 Å². The smallest absolute Gasteiger partial charge is 0.410 e. The number of nitrogens with zero attached hydrogens (tertiary/aromatic N) is 1. The number of anilines is 1. The van der Waals surface area contributed by atoms with Crippen LogP contribution in [0.15, 0.2) is 30.3 Å². The highest BCUT2D eigenvalue weighted by atomic mass is 16.6. The van der Waals surface area contributed by atoms with Crippen LogP contribution in [0.2, 0.25) is 0 Å². The molecule has 0 spiro atoms. The monoisotopic (exact) mass is 318 g/mol. The zero-order valence-corrected chi connectivity index (χ0v) is 14.8. The second kappa shape index (κ2) is 7.71. The lowest BCUT2D eigenvalue weighted by molar-refractivity contribution is 0.0156. The average molecular weight is 318 g/mol. The Balaban J connectivity index is 1.97. The number of piperidine rings is 1. The van der Waals surface area contributed by atoms with Gasteiger partial charge >= 0.3 is 6.09 Å². The van der Waals surface area contributed by atoms with Crippen LogP contribution in [0.25, 0.3) is 0 Å². The molecule has 1 saturated heterocycles. The van der Waals surface area contributed by atoms with E-state index < -0.39 is 5.60 Å². The standard InChI is InChI=1S/C19H30N2O2/c1-5-17(20-16-11-7-6-8-12-16)15-10-9-13-21(14-15)18(22)23-19(2,3)4/h6-8,11-12,15,17,20H,5,9-10,13-14H2,1-4H3/t15-,17+/m1/s1. The molecule has 128 valence electrons. The quantitative estimate of drug-likeness (QED) is 0.887. The molecule has 1 heterocycles. The highest BCUT2D eigenvalue weighted by Crippen LogP contribution is 2.25. The Bertz CT molecular complexity index is 496. The first-order chi connectivity index (χ1) is 10.9. The molecule has 1 fully saturated rings. The number of rotatable bonds is 4. The molecular formula is C19H30N2O2. The molecule has 1 aliphatic heterocycles. The predicted octanol–water partition coefficient (Wildman–Crippen LogP) is 4.52. The molecule has 1 N–H and O–H groups in total. The molecule has 4 nitrogen and oxygen atoms in total. The number of amides is 1. The van der Waals surface area contributed by atoms with E-state index in [1.807, 2.05) is 43.9 Å². The van der Waals surface area contributed by atoms with Crippen molar-refractivity contribution in [1.82, 2.24) is 4.90 Å². The van der Waals surface area contributed by atoms with E-state index in [-0.39, 0.29) is 6.09 Å². The number of ether oxygens (including phenoxy) is 1. The van der Waals surface area contributed by atoms with Crippen molar-refractivity contribution in [2.75, 3.05) is 18.4 Å². The van der Waals surface area contributed by atoms with Gasteiger partial charge < -0.3 is 15.0 Å². The van der Waals surface area contributed by atoms with Crippen LogP contribution in [0, 0.1) is 5.92 Å². The van der Waals surface area contributed by atoms with Gasteiger partial charge in [-0.25, -0.2) is 4.79 Å². The minimum atomic E-state index is -0.434. The minimum Gasteiger partial charge on any atom is -0.444 e. The van der Waals surface area contributed by atoms with Crippen LogP contribution in [-0.2, 0) is 4.74 Å². The number of carbonyl (C=O) groups is 1. The molecule has 0 aromatic heterocycles. The van der Waals surface area contributed by atoms with Gasteiger partial charge in [-0.1, -0.05) is 25.1 Å². The Morgan fingerprint density at radius 2 is 2.04 bits per heavy atom. The Hall–Kier alpha value is -1.71. The molecule has 1 aromatic carbocycles. The molecule has 0 unspecified atom stereocenters. The fourth-order valence-electron chi connectivity index (χ4n) is 3.13. The Morgan fingerprint density at radius 1 is 1.35 bits per heavy atom. The van der Waals surface area contributed by atoms with Crippen molar-refractivity contribution in [1.29, 1.82) is 0 Å². The minimum absolute atomic E-state index is 0.184. The summed E-state index contributed by atoms with van der Waals surface area (Å²) in [7, 11) is 0. The van der Waals surface area contributed by atoms with Crippen molar-refractivity contribution in [2.45, 2.75) is 58.6 Å². The van der Waals surface area contributed by atoms with Gasteiger partial charge in [-0.3, -0.25) is 0 Å². The van der Waals surface area contributed by atoms with Crippen LogP contribution in [0.5, 0.6) is 0 Å². The van der Waals surface area contributed by atoms with Crippen molar-refractivity contribution in [2.24, 2.45) is 5.92 Å². The van der Waals surface area contributed by atoms with E-state index in [9.17, 15) is 4.79 Å². The van der Waals surface area contributed by atoms with Gasteiger partial charge in [-0.05, 0) is 58.1 Å².